The molecular formula is C27H37F3O3. The average molecular weight is 467 g/mol. The highest BCUT2D eigenvalue weighted by molar-refractivity contribution is 5.72. The Labute approximate surface area is 195 Å². The largest absolute Gasteiger partial charge is 0.461 e. The van der Waals surface area contributed by atoms with E-state index < -0.39 is 6.08 Å². The van der Waals surface area contributed by atoms with Crippen molar-refractivity contribution in [3.8, 4) is 0 Å². The normalized spacial score (nSPS) is 25.1. The number of benzene rings is 1. The number of hydrogen-bond acceptors (Lipinski definition) is 3. The molecule has 0 saturated heterocycles. The Morgan fingerprint density at radius 1 is 0.909 bits per heavy atom. The minimum Gasteiger partial charge on any atom is -0.461 e. The summed E-state index contributed by atoms with van der Waals surface area (Å²) >= 11 is 0. The number of aliphatic hydroxyl groups excluding tert-OH is 1. The standard InChI is InChI=1S/C17H20F2O2.C10H17FO/c18-16(19)11-8-13-6-9-15(10-7-13)17(20)21-12-14-4-2-1-3-5-14;11-7-1-2-9-3-5-10(8-12)6-4-9/h1-5,11,13,15H,6-10,12H2;1,7,9-10,12H,2-6,8H2/b;7-1+. The maximum atomic E-state index is 12.0. The van der Waals surface area contributed by atoms with Gasteiger partial charge >= 0.3 is 5.97 Å². The van der Waals surface area contributed by atoms with Crippen molar-refractivity contribution in [1.29, 1.82) is 0 Å². The van der Waals surface area contributed by atoms with Crippen LogP contribution in [0.3, 0.4) is 0 Å². The highest BCUT2D eigenvalue weighted by atomic mass is 19.3. The van der Waals surface area contributed by atoms with Crippen molar-refractivity contribution in [2.24, 2.45) is 23.7 Å². The first-order chi connectivity index (χ1) is 16.0. The van der Waals surface area contributed by atoms with E-state index in [0.29, 0.717) is 37.8 Å². The number of carbonyl (C=O) groups is 1. The Morgan fingerprint density at radius 2 is 1.48 bits per heavy atom. The lowest BCUT2D eigenvalue weighted by Gasteiger charge is -2.26. The summed E-state index contributed by atoms with van der Waals surface area (Å²) in [6, 6.07) is 9.57. The lowest BCUT2D eigenvalue weighted by Crippen LogP contribution is -2.23. The second kappa shape index (κ2) is 15.7. The molecular weight excluding hydrogens is 429 g/mol. The molecule has 0 aromatic heterocycles. The Bertz CT molecular complexity index is 715. The number of carbonyl (C=O) groups excluding carboxylic acids is 1. The number of allylic oxidation sites excluding steroid dienone is 2. The number of ether oxygens (including phenoxy) is 1. The molecule has 1 aromatic carbocycles. The van der Waals surface area contributed by atoms with E-state index in [4.69, 9.17) is 9.84 Å². The molecule has 1 N–H and O–H groups in total. The Morgan fingerprint density at radius 3 is 2.06 bits per heavy atom. The molecule has 2 saturated carbocycles. The Kier molecular flexibility index (Phi) is 12.9. The fraction of sp³-hybridized carbons (Fsp3) is 0.593. The zero-order valence-corrected chi connectivity index (χ0v) is 19.3. The zero-order valence-electron chi connectivity index (χ0n) is 19.3. The van der Waals surface area contributed by atoms with Gasteiger partial charge in [-0.25, -0.2) is 4.39 Å². The second-order valence-electron chi connectivity index (χ2n) is 9.21. The van der Waals surface area contributed by atoms with Gasteiger partial charge in [-0.3, -0.25) is 4.79 Å². The number of halogens is 3. The van der Waals surface area contributed by atoms with Gasteiger partial charge in [0.1, 0.15) is 6.61 Å². The van der Waals surface area contributed by atoms with Gasteiger partial charge in [-0.1, -0.05) is 36.4 Å². The van der Waals surface area contributed by atoms with Gasteiger partial charge < -0.3 is 9.84 Å². The molecule has 0 atom stereocenters. The van der Waals surface area contributed by atoms with E-state index in [1.54, 1.807) is 6.08 Å². The molecule has 184 valence electrons. The number of hydrogen-bond donors (Lipinski definition) is 1. The molecule has 3 nitrogen and oxygen atoms in total. The molecule has 0 bridgehead atoms. The minimum atomic E-state index is -1.61. The molecule has 33 heavy (non-hydrogen) atoms. The van der Waals surface area contributed by atoms with E-state index in [1.807, 2.05) is 30.3 Å². The zero-order chi connectivity index (χ0) is 23.9. The number of esters is 1. The summed E-state index contributed by atoms with van der Waals surface area (Å²) in [5.74, 6) is 1.19. The van der Waals surface area contributed by atoms with E-state index in [-0.39, 0.29) is 17.8 Å². The monoisotopic (exact) mass is 466 g/mol. The van der Waals surface area contributed by atoms with Crippen LogP contribution in [-0.4, -0.2) is 17.7 Å². The van der Waals surface area contributed by atoms with Crippen molar-refractivity contribution >= 4 is 5.97 Å². The number of aliphatic hydroxyl groups is 1. The molecule has 2 fully saturated rings. The van der Waals surface area contributed by atoms with Gasteiger partial charge in [0.05, 0.1) is 12.2 Å². The summed E-state index contributed by atoms with van der Waals surface area (Å²) in [6.07, 6.45) is 10.5. The summed E-state index contributed by atoms with van der Waals surface area (Å²) in [7, 11) is 0. The quantitative estimate of drug-likeness (QED) is 0.407. The fourth-order valence-corrected chi connectivity index (χ4v) is 4.63. The summed E-state index contributed by atoms with van der Waals surface area (Å²) in [4.78, 5) is 12.0. The second-order valence-corrected chi connectivity index (χ2v) is 9.21. The third-order valence-electron chi connectivity index (χ3n) is 6.79. The van der Waals surface area contributed by atoms with Gasteiger partial charge in [0.15, 0.2) is 0 Å². The first-order valence-corrected chi connectivity index (χ1v) is 12.1. The van der Waals surface area contributed by atoms with Crippen LogP contribution in [0.1, 0.15) is 69.8 Å². The predicted octanol–water partition coefficient (Wildman–Crippen LogP) is 7.37. The molecule has 6 heteroatoms. The topological polar surface area (TPSA) is 46.5 Å². The summed E-state index contributed by atoms with van der Waals surface area (Å²) in [6.45, 7) is 0.626. The van der Waals surface area contributed by atoms with E-state index >= 15 is 0 Å². The van der Waals surface area contributed by atoms with Gasteiger partial charge in [0, 0.05) is 6.61 Å². The summed E-state index contributed by atoms with van der Waals surface area (Å²) < 4.78 is 41.1. The minimum absolute atomic E-state index is 0.0795. The third kappa shape index (κ3) is 11.1. The van der Waals surface area contributed by atoms with Crippen molar-refractivity contribution in [2.45, 2.75) is 70.8 Å². The van der Waals surface area contributed by atoms with Crippen LogP contribution >= 0.6 is 0 Å². The molecule has 0 aliphatic heterocycles. The maximum Gasteiger partial charge on any atom is 0.309 e. The van der Waals surface area contributed by atoms with E-state index in [9.17, 15) is 18.0 Å². The van der Waals surface area contributed by atoms with Crippen molar-refractivity contribution in [3.63, 3.8) is 0 Å². The van der Waals surface area contributed by atoms with E-state index in [1.165, 1.54) is 0 Å². The highest BCUT2D eigenvalue weighted by Gasteiger charge is 2.27. The van der Waals surface area contributed by atoms with Crippen LogP contribution in [0.2, 0.25) is 0 Å². The molecule has 0 spiro atoms. The van der Waals surface area contributed by atoms with Crippen molar-refractivity contribution in [1.82, 2.24) is 0 Å². The lowest BCUT2D eigenvalue weighted by atomic mass is 9.80. The smallest absolute Gasteiger partial charge is 0.309 e. The number of rotatable bonds is 8. The van der Waals surface area contributed by atoms with Crippen LogP contribution in [0.15, 0.2) is 54.9 Å². The van der Waals surface area contributed by atoms with Crippen molar-refractivity contribution in [2.75, 3.05) is 6.61 Å². The molecule has 0 unspecified atom stereocenters. The van der Waals surface area contributed by atoms with Crippen LogP contribution < -0.4 is 0 Å². The predicted molar refractivity (Wildman–Crippen MR) is 124 cm³/mol. The average Bonchev–Trinajstić information content (AvgIpc) is 2.86. The Balaban J connectivity index is 0.000000273. The van der Waals surface area contributed by atoms with Gasteiger partial charge in [-0.2, -0.15) is 8.78 Å². The molecule has 2 aliphatic carbocycles. The fourth-order valence-electron chi connectivity index (χ4n) is 4.63. The highest BCUT2D eigenvalue weighted by Crippen LogP contribution is 2.32. The summed E-state index contributed by atoms with van der Waals surface area (Å²) in [5.41, 5.74) is 0.975. The van der Waals surface area contributed by atoms with Crippen LogP contribution in [0.5, 0.6) is 0 Å². The van der Waals surface area contributed by atoms with Gasteiger partial charge in [0.2, 0.25) is 0 Å². The first-order valence-electron chi connectivity index (χ1n) is 12.1. The van der Waals surface area contributed by atoms with Gasteiger partial charge in [-0.05, 0) is 93.6 Å². The van der Waals surface area contributed by atoms with E-state index in [0.717, 1.165) is 69.4 Å². The van der Waals surface area contributed by atoms with E-state index in [2.05, 4.69) is 0 Å². The SMILES string of the molecule is O=C(OCc1ccccc1)C1CCC(CC=C(F)F)CC1.OCC1CCC(C/C=C/F)CC1. The van der Waals surface area contributed by atoms with Crippen molar-refractivity contribution < 1.29 is 27.8 Å². The van der Waals surface area contributed by atoms with Gasteiger partial charge in [-0.15, -0.1) is 0 Å². The summed E-state index contributed by atoms with van der Waals surface area (Å²) in [5, 5.41) is 8.88. The van der Waals surface area contributed by atoms with Crippen LogP contribution in [0.25, 0.3) is 0 Å². The first kappa shape index (κ1) is 27.2. The molecule has 0 heterocycles. The van der Waals surface area contributed by atoms with Gasteiger partial charge in [0.25, 0.3) is 6.08 Å². The molecule has 3 rings (SSSR count). The van der Waals surface area contributed by atoms with Crippen LogP contribution in [-0.2, 0) is 16.1 Å². The van der Waals surface area contributed by atoms with Crippen LogP contribution in [0, 0.1) is 23.7 Å². The lowest BCUT2D eigenvalue weighted by molar-refractivity contribution is -0.151. The molecule has 0 radical (unpaired) electrons. The third-order valence-corrected chi connectivity index (χ3v) is 6.79. The molecule has 2 aliphatic rings. The molecule has 1 aromatic rings. The Hall–Kier alpha value is -2.08. The molecule has 0 amide bonds. The maximum absolute atomic E-state index is 12.0. The van der Waals surface area contributed by atoms with Crippen molar-refractivity contribution in [3.05, 3.63) is 60.5 Å². The van der Waals surface area contributed by atoms with Crippen LogP contribution in [0.4, 0.5) is 13.2 Å².